The number of nitrogens with zero attached hydrogens (tertiary/aromatic N) is 2. The van der Waals surface area contributed by atoms with Crippen LogP contribution in [0, 0.1) is 0 Å². The number of rotatable bonds is 5. The summed E-state index contributed by atoms with van der Waals surface area (Å²) in [4.78, 5) is 31.4. The molecule has 0 aliphatic carbocycles. The van der Waals surface area contributed by atoms with Crippen molar-refractivity contribution in [2.45, 2.75) is 6.54 Å². The quantitative estimate of drug-likeness (QED) is 0.383. The maximum absolute atomic E-state index is 13.4. The second-order valence-corrected chi connectivity index (χ2v) is 8.00. The van der Waals surface area contributed by atoms with Crippen molar-refractivity contribution in [2.75, 3.05) is 12.0 Å². The summed E-state index contributed by atoms with van der Waals surface area (Å²) in [5.74, 6) is -0.654. The fraction of sp³-hybridized carbons (Fsp3) is 0.0870. The van der Waals surface area contributed by atoms with Gasteiger partial charge in [0.25, 0.3) is 5.91 Å². The van der Waals surface area contributed by atoms with Crippen LogP contribution >= 0.6 is 22.9 Å². The molecule has 1 aromatic heterocycles. The van der Waals surface area contributed by atoms with Crippen molar-refractivity contribution in [2.24, 2.45) is 0 Å². The Morgan fingerprint density at radius 1 is 1.00 bits per heavy atom. The lowest BCUT2D eigenvalue weighted by Crippen LogP contribution is -2.30. The van der Waals surface area contributed by atoms with Gasteiger partial charge >= 0.3 is 5.97 Å². The van der Waals surface area contributed by atoms with Gasteiger partial charge in [-0.05, 0) is 48.0 Å². The predicted octanol–water partition coefficient (Wildman–Crippen LogP) is 5.58. The number of thiazole rings is 1. The maximum atomic E-state index is 13.4. The molecule has 0 bridgehead atoms. The molecular formula is C23H17ClN2O3S. The largest absolute Gasteiger partial charge is 0.465 e. The van der Waals surface area contributed by atoms with Crippen molar-refractivity contribution in [3.05, 3.63) is 94.5 Å². The molecule has 0 atom stereocenters. The van der Waals surface area contributed by atoms with Crippen molar-refractivity contribution in [1.82, 2.24) is 4.98 Å². The lowest BCUT2D eigenvalue weighted by molar-refractivity contribution is 0.0600. The maximum Gasteiger partial charge on any atom is 0.337 e. The van der Waals surface area contributed by atoms with Crippen molar-refractivity contribution in [1.29, 1.82) is 0 Å². The second-order valence-electron chi connectivity index (χ2n) is 6.55. The molecule has 7 heteroatoms. The third-order valence-electron chi connectivity index (χ3n) is 4.55. The highest BCUT2D eigenvalue weighted by Crippen LogP contribution is 2.32. The number of carbonyl (C=O) groups is 2. The van der Waals surface area contributed by atoms with E-state index in [2.05, 4.69) is 4.98 Å². The molecule has 0 fully saturated rings. The van der Waals surface area contributed by atoms with E-state index in [0.29, 0.717) is 27.8 Å². The molecule has 0 unspecified atom stereocenters. The number of halogens is 1. The van der Waals surface area contributed by atoms with Gasteiger partial charge in [-0.15, -0.1) is 0 Å². The van der Waals surface area contributed by atoms with Crippen molar-refractivity contribution < 1.29 is 14.3 Å². The Morgan fingerprint density at radius 2 is 1.70 bits per heavy atom. The zero-order valence-electron chi connectivity index (χ0n) is 16.0. The first-order valence-electron chi connectivity index (χ1n) is 9.15. The summed E-state index contributed by atoms with van der Waals surface area (Å²) in [5.41, 5.74) is 2.61. The van der Waals surface area contributed by atoms with Crippen LogP contribution in [0.5, 0.6) is 0 Å². The molecule has 5 nitrogen and oxygen atoms in total. The first kappa shape index (κ1) is 20.1. The van der Waals surface area contributed by atoms with Gasteiger partial charge < -0.3 is 4.74 Å². The number of hydrogen-bond donors (Lipinski definition) is 0. The summed E-state index contributed by atoms with van der Waals surface area (Å²) < 4.78 is 5.63. The number of methoxy groups -OCH3 is 1. The van der Waals surface area contributed by atoms with Crippen molar-refractivity contribution in [3.8, 4) is 0 Å². The molecule has 1 heterocycles. The third kappa shape index (κ3) is 4.20. The fourth-order valence-corrected chi connectivity index (χ4v) is 4.26. The van der Waals surface area contributed by atoms with Crippen LogP contribution in [0.25, 0.3) is 10.2 Å². The van der Waals surface area contributed by atoms with Gasteiger partial charge in [0, 0.05) is 10.6 Å². The van der Waals surface area contributed by atoms with Gasteiger partial charge in [0.05, 0.1) is 29.4 Å². The van der Waals surface area contributed by atoms with E-state index >= 15 is 0 Å². The lowest BCUT2D eigenvalue weighted by atomic mass is 10.1. The second kappa shape index (κ2) is 8.65. The summed E-state index contributed by atoms with van der Waals surface area (Å²) in [6, 6.07) is 21.6. The van der Waals surface area contributed by atoms with Crippen molar-refractivity contribution in [3.63, 3.8) is 0 Å². The summed E-state index contributed by atoms with van der Waals surface area (Å²) in [6.45, 7) is 0.367. The van der Waals surface area contributed by atoms with Crippen LogP contribution in [0.15, 0.2) is 72.8 Å². The fourth-order valence-electron chi connectivity index (χ4n) is 3.02. The highest BCUT2D eigenvalue weighted by Gasteiger charge is 2.22. The molecule has 4 rings (SSSR count). The molecule has 0 aliphatic rings. The number of aromatic nitrogens is 1. The Bertz CT molecular complexity index is 1210. The van der Waals surface area contributed by atoms with Gasteiger partial charge in [-0.1, -0.05) is 53.3 Å². The average molecular weight is 437 g/mol. The molecule has 4 aromatic rings. The van der Waals surface area contributed by atoms with Gasteiger partial charge in [-0.2, -0.15) is 0 Å². The summed E-state index contributed by atoms with van der Waals surface area (Å²) in [5, 5.41) is 1.20. The molecule has 1 amide bonds. The molecule has 0 saturated heterocycles. The first-order valence-corrected chi connectivity index (χ1v) is 10.3. The average Bonchev–Trinajstić information content (AvgIpc) is 3.20. The van der Waals surface area contributed by atoms with Crippen LogP contribution in [0.4, 0.5) is 5.13 Å². The number of amides is 1. The molecule has 150 valence electrons. The van der Waals surface area contributed by atoms with E-state index in [1.54, 1.807) is 35.2 Å². The topological polar surface area (TPSA) is 59.5 Å². The minimum atomic E-state index is -0.446. The molecule has 0 N–H and O–H groups in total. The zero-order valence-corrected chi connectivity index (χ0v) is 17.6. The molecule has 30 heavy (non-hydrogen) atoms. The van der Waals surface area contributed by atoms with Crippen LogP contribution in [0.2, 0.25) is 5.02 Å². The number of anilines is 1. The van der Waals surface area contributed by atoms with E-state index in [0.717, 1.165) is 15.8 Å². The Morgan fingerprint density at radius 3 is 2.40 bits per heavy atom. The van der Waals surface area contributed by atoms with Gasteiger partial charge in [0.1, 0.15) is 0 Å². The van der Waals surface area contributed by atoms with Crippen LogP contribution in [0.1, 0.15) is 26.3 Å². The Labute approximate surface area is 182 Å². The van der Waals surface area contributed by atoms with Crippen LogP contribution in [-0.4, -0.2) is 24.0 Å². The van der Waals surface area contributed by atoms with E-state index in [4.69, 9.17) is 16.3 Å². The minimum Gasteiger partial charge on any atom is -0.465 e. The number of benzene rings is 3. The predicted molar refractivity (Wildman–Crippen MR) is 119 cm³/mol. The minimum absolute atomic E-state index is 0.208. The van der Waals surface area contributed by atoms with Crippen LogP contribution in [0.3, 0.4) is 0 Å². The standard InChI is InChI=1S/C23H17ClN2O3S/c1-29-22(28)17-9-7-16(8-10-17)21(27)26(14-15-5-3-2-4-6-15)23-25-19-12-11-18(24)13-20(19)30-23/h2-13H,14H2,1H3. The van der Waals surface area contributed by atoms with Gasteiger partial charge in [0.15, 0.2) is 5.13 Å². The monoisotopic (exact) mass is 436 g/mol. The highest BCUT2D eigenvalue weighted by molar-refractivity contribution is 7.22. The van der Waals surface area contributed by atoms with Crippen molar-refractivity contribution >= 4 is 50.2 Å². The van der Waals surface area contributed by atoms with E-state index in [1.807, 2.05) is 42.5 Å². The van der Waals surface area contributed by atoms with Gasteiger partial charge in [-0.25, -0.2) is 9.78 Å². The SMILES string of the molecule is COC(=O)c1ccc(C(=O)N(Cc2ccccc2)c2nc3ccc(Cl)cc3s2)cc1. The molecule has 0 aliphatic heterocycles. The van der Waals surface area contributed by atoms with E-state index < -0.39 is 5.97 Å². The molecule has 0 saturated carbocycles. The van der Waals surface area contributed by atoms with Gasteiger partial charge in [-0.3, -0.25) is 9.69 Å². The summed E-state index contributed by atoms with van der Waals surface area (Å²) in [6.07, 6.45) is 0. The molecular weight excluding hydrogens is 420 g/mol. The summed E-state index contributed by atoms with van der Waals surface area (Å²) >= 11 is 7.52. The smallest absolute Gasteiger partial charge is 0.337 e. The van der Waals surface area contributed by atoms with Gasteiger partial charge in [0.2, 0.25) is 0 Å². The number of fused-ring (bicyclic) bond motifs is 1. The molecule has 3 aromatic carbocycles. The first-order chi connectivity index (χ1) is 14.5. The zero-order chi connectivity index (χ0) is 21.1. The van der Waals surface area contributed by atoms with E-state index in [-0.39, 0.29) is 5.91 Å². The number of carbonyl (C=O) groups excluding carboxylic acids is 2. The number of ether oxygens (including phenoxy) is 1. The Kier molecular flexibility index (Phi) is 5.79. The van der Waals surface area contributed by atoms with E-state index in [9.17, 15) is 9.59 Å². The summed E-state index contributed by atoms with van der Waals surface area (Å²) in [7, 11) is 1.32. The van der Waals surface area contributed by atoms with E-state index in [1.165, 1.54) is 18.4 Å². The number of hydrogen-bond acceptors (Lipinski definition) is 5. The van der Waals surface area contributed by atoms with Crippen LogP contribution < -0.4 is 4.90 Å². The van der Waals surface area contributed by atoms with Crippen LogP contribution in [-0.2, 0) is 11.3 Å². The normalized spacial score (nSPS) is 10.7. The molecule has 0 spiro atoms. The highest BCUT2D eigenvalue weighted by atomic mass is 35.5. The Balaban J connectivity index is 1.72. The third-order valence-corrected chi connectivity index (χ3v) is 5.83. The lowest BCUT2D eigenvalue weighted by Gasteiger charge is -2.20. The number of esters is 1. The Hall–Kier alpha value is -3.22. The molecule has 0 radical (unpaired) electrons.